The SMILES string of the molecule is Cc1ccc2c(c1)/C(=C/c1sc(=S)n(Cc3ccccc3)c1O)C=N2. The van der Waals surface area contributed by atoms with Crippen molar-refractivity contribution in [3.8, 4) is 5.88 Å². The van der Waals surface area contributed by atoms with Crippen LogP contribution in [0.25, 0.3) is 11.6 Å². The van der Waals surface area contributed by atoms with Crippen LogP contribution in [-0.2, 0) is 6.54 Å². The molecule has 1 aliphatic rings. The highest BCUT2D eigenvalue weighted by molar-refractivity contribution is 7.73. The highest BCUT2D eigenvalue weighted by Gasteiger charge is 2.16. The van der Waals surface area contributed by atoms with E-state index in [4.69, 9.17) is 12.2 Å². The lowest BCUT2D eigenvalue weighted by atomic mass is 10.0. The number of hydrogen-bond acceptors (Lipinski definition) is 4. The summed E-state index contributed by atoms with van der Waals surface area (Å²) < 4.78 is 2.43. The molecule has 0 saturated heterocycles. The van der Waals surface area contributed by atoms with Gasteiger partial charge in [0.25, 0.3) is 0 Å². The molecule has 0 spiro atoms. The molecule has 0 fully saturated rings. The van der Waals surface area contributed by atoms with Crippen molar-refractivity contribution in [2.45, 2.75) is 13.5 Å². The molecule has 3 nitrogen and oxygen atoms in total. The van der Waals surface area contributed by atoms with E-state index in [0.29, 0.717) is 10.5 Å². The van der Waals surface area contributed by atoms with E-state index in [0.717, 1.165) is 27.3 Å². The first-order valence-electron chi connectivity index (χ1n) is 7.95. The van der Waals surface area contributed by atoms with Crippen LogP contribution in [0.5, 0.6) is 5.88 Å². The Balaban J connectivity index is 1.72. The lowest BCUT2D eigenvalue weighted by Crippen LogP contribution is -1.98. The largest absolute Gasteiger partial charge is 0.493 e. The lowest BCUT2D eigenvalue weighted by molar-refractivity contribution is 0.422. The second kappa shape index (κ2) is 6.43. The molecule has 2 aromatic carbocycles. The molecule has 0 saturated carbocycles. The van der Waals surface area contributed by atoms with Crippen molar-refractivity contribution >= 4 is 47.1 Å². The highest BCUT2D eigenvalue weighted by Crippen LogP contribution is 2.36. The van der Waals surface area contributed by atoms with Gasteiger partial charge in [-0.2, -0.15) is 0 Å². The first-order chi connectivity index (χ1) is 12.1. The molecule has 1 aromatic heterocycles. The van der Waals surface area contributed by atoms with E-state index in [1.807, 2.05) is 48.7 Å². The molecule has 0 aliphatic carbocycles. The van der Waals surface area contributed by atoms with Crippen LogP contribution in [0.1, 0.15) is 21.6 Å². The zero-order valence-corrected chi connectivity index (χ0v) is 15.3. The van der Waals surface area contributed by atoms with E-state index in [1.165, 1.54) is 16.9 Å². The Bertz CT molecular complexity index is 1060. The quantitative estimate of drug-likeness (QED) is 0.614. The Morgan fingerprint density at radius 3 is 2.80 bits per heavy atom. The number of fused-ring (bicyclic) bond motifs is 1. The van der Waals surface area contributed by atoms with Gasteiger partial charge in [0.05, 0.1) is 17.1 Å². The van der Waals surface area contributed by atoms with E-state index in [-0.39, 0.29) is 5.88 Å². The first kappa shape index (κ1) is 16.0. The van der Waals surface area contributed by atoms with Gasteiger partial charge in [-0.25, -0.2) is 0 Å². The zero-order valence-electron chi connectivity index (χ0n) is 13.6. The van der Waals surface area contributed by atoms with Crippen molar-refractivity contribution in [2.75, 3.05) is 0 Å². The van der Waals surface area contributed by atoms with Gasteiger partial charge < -0.3 is 5.11 Å². The van der Waals surface area contributed by atoms with E-state index in [2.05, 4.69) is 24.0 Å². The third kappa shape index (κ3) is 3.08. The molecule has 4 rings (SSSR count). The predicted molar refractivity (Wildman–Crippen MR) is 108 cm³/mol. The summed E-state index contributed by atoms with van der Waals surface area (Å²) >= 11 is 6.87. The van der Waals surface area contributed by atoms with Gasteiger partial charge in [-0.05, 0) is 42.9 Å². The van der Waals surface area contributed by atoms with Crippen LogP contribution in [0.4, 0.5) is 5.69 Å². The molecule has 2 heterocycles. The van der Waals surface area contributed by atoms with Gasteiger partial charge in [0.2, 0.25) is 5.88 Å². The Kier molecular flexibility index (Phi) is 4.11. The van der Waals surface area contributed by atoms with Crippen molar-refractivity contribution in [3.63, 3.8) is 0 Å². The van der Waals surface area contributed by atoms with E-state index >= 15 is 0 Å². The van der Waals surface area contributed by atoms with Crippen LogP contribution in [-0.4, -0.2) is 15.9 Å². The minimum Gasteiger partial charge on any atom is -0.493 e. The normalized spacial score (nSPS) is 14.2. The number of rotatable bonds is 3. The molecule has 0 bridgehead atoms. The van der Waals surface area contributed by atoms with Gasteiger partial charge in [-0.15, -0.1) is 11.3 Å². The van der Waals surface area contributed by atoms with Crippen LogP contribution in [0, 0.1) is 10.9 Å². The number of thiazole rings is 1. The second-order valence-electron chi connectivity index (χ2n) is 6.01. The standard InChI is InChI=1S/C20H16N2OS2/c1-13-7-8-17-16(9-13)15(11-21-17)10-18-19(23)22(20(24)25-18)12-14-5-3-2-4-6-14/h2-11,23H,12H2,1H3/b15-10+. The molecule has 0 atom stereocenters. The number of benzene rings is 2. The first-order valence-corrected chi connectivity index (χ1v) is 9.17. The maximum atomic E-state index is 10.7. The summed E-state index contributed by atoms with van der Waals surface area (Å²) in [5, 5.41) is 10.7. The Labute approximate surface area is 155 Å². The number of allylic oxidation sites excluding steroid dienone is 1. The molecule has 0 amide bonds. The maximum absolute atomic E-state index is 10.7. The van der Waals surface area contributed by atoms with Crippen molar-refractivity contribution in [2.24, 2.45) is 4.99 Å². The lowest BCUT2D eigenvalue weighted by Gasteiger charge is -2.05. The molecule has 1 N–H and O–H groups in total. The number of aromatic hydroxyl groups is 1. The Morgan fingerprint density at radius 2 is 2.00 bits per heavy atom. The molecule has 3 aromatic rings. The summed E-state index contributed by atoms with van der Waals surface area (Å²) in [5.41, 5.74) is 5.34. The summed E-state index contributed by atoms with van der Waals surface area (Å²) in [5.74, 6) is 0.209. The van der Waals surface area contributed by atoms with Crippen LogP contribution in [0.15, 0.2) is 53.5 Å². The molecular formula is C20H16N2OS2. The summed E-state index contributed by atoms with van der Waals surface area (Å²) in [4.78, 5) is 5.20. The summed E-state index contributed by atoms with van der Waals surface area (Å²) in [6.07, 6.45) is 3.81. The van der Waals surface area contributed by atoms with Crippen LogP contribution >= 0.6 is 23.6 Å². The molecule has 1 aliphatic heterocycles. The van der Waals surface area contributed by atoms with Gasteiger partial charge in [-0.1, -0.05) is 42.0 Å². The van der Waals surface area contributed by atoms with Crippen molar-refractivity contribution in [1.29, 1.82) is 0 Å². The zero-order chi connectivity index (χ0) is 17.4. The van der Waals surface area contributed by atoms with Gasteiger partial charge in [0, 0.05) is 17.4 Å². The van der Waals surface area contributed by atoms with Crippen molar-refractivity contribution in [1.82, 2.24) is 4.57 Å². The van der Waals surface area contributed by atoms with Crippen LogP contribution < -0.4 is 0 Å². The van der Waals surface area contributed by atoms with Gasteiger partial charge in [0.15, 0.2) is 3.95 Å². The minimum atomic E-state index is 0.209. The van der Waals surface area contributed by atoms with Crippen molar-refractivity contribution in [3.05, 3.63) is 74.1 Å². The average Bonchev–Trinajstić information content (AvgIpc) is 3.12. The molecule has 124 valence electrons. The van der Waals surface area contributed by atoms with Crippen LogP contribution in [0.2, 0.25) is 0 Å². The van der Waals surface area contributed by atoms with E-state index in [1.54, 1.807) is 4.57 Å². The third-order valence-electron chi connectivity index (χ3n) is 4.17. The van der Waals surface area contributed by atoms with E-state index in [9.17, 15) is 5.11 Å². The molecule has 5 heteroatoms. The maximum Gasteiger partial charge on any atom is 0.210 e. The van der Waals surface area contributed by atoms with Gasteiger partial charge in [-0.3, -0.25) is 9.56 Å². The monoisotopic (exact) mass is 364 g/mol. The fourth-order valence-corrected chi connectivity index (χ4v) is 4.13. The number of nitrogens with zero attached hydrogens (tertiary/aromatic N) is 2. The minimum absolute atomic E-state index is 0.209. The summed E-state index contributed by atoms with van der Waals surface area (Å²) in [6.45, 7) is 2.63. The number of hydrogen-bond donors (Lipinski definition) is 1. The van der Waals surface area contributed by atoms with Gasteiger partial charge >= 0.3 is 0 Å². The van der Waals surface area contributed by atoms with Gasteiger partial charge in [0.1, 0.15) is 0 Å². The smallest absolute Gasteiger partial charge is 0.210 e. The molecule has 0 radical (unpaired) electrons. The number of aromatic nitrogens is 1. The second-order valence-corrected chi connectivity index (χ2v) is 7.68. The summed E-state index contributed by atoms with van der Waals surface area (Å²) in [6, 6.07) is 16.2. The Hall–Kier alpha value is -2.50. The predicted octanol–water partition coefficient (Wildman–Crippen LogP) is 5.60. The van der Waals surface area contributed by atoms with Crippen molar-refractivity contribution < 1.29 is 5.11 Å². The molecule has 25 heavy (non-hydrogen) atoms. The topological polar surface area (TPSA) is 37.5 Å². The fraction of sp³-hybridized carbons (Fsp3) is 0.100. The highest BCUT2D eigenvalue weighted by atomic mass is 32.1. The average molecular weight is 364 g/mol. The fourth-order valence-electron chi connectivity index (χ4n) is 2.87. The molecule has 0 unspecified atom stereocenters. The number of aryl methyl sites for hydroxylation is 1. The van der Waals surface area contributed by atoms with E-state index < -0.39 is 0 Å². The Morgan fingerprint density at radius 1 is 1.20 bits per heavy atom. The third-order valence-corrected chi connectivity index (χ3v) is 5.56. The number of aliphatic imine (C=N–C) groups is 1. The molecular weight excluding hydrogens is 348 g/mol. The summed E-state index contributed by atoms with van der Waals surface area (Å²) in [7, 11) is 0. The van der Waals surface area contributed by atoms with Crippen LogP contribution in [0.3, 0.4) is 0 Å².